The van der Waals surface area contributed by atoms with Gasteiger partial charge in [-0.25, -0.2) is 9.97 Å². The minimum Gasteiger partial charge on any atom is -0.337 e. The molecule has 4 nitrogen and oxygen atoms in total. The van der Waals surface area contributed by atoms with Crippen molar-refractivity contribution in [3.8, 4) is 11.4 Å². The van der Waals surface area contributed by atoms with Crippen molar-refractivity contribution in [1.29, 1.82) is 0 Å². The molecule has 108 valence electrons. The molecule has 0 atom stereocenters. The maximum Gasteiger partial charge on any atom is 0.139 e. The Morgan fingerprint density at radius 2 is 1.86 bits per heavy atom. The van der Waals surface area contributed by atoms with Gasteiger partial charge in [0.2, 0.25) is 0 Å². The van der Waals surface area contributed by atoms with Crippen LogP contribution in [0, 0.1) is 0 Å². The molecule has 0 amide bonds. The summed E-state index contributed by atoms with van der Waals surface area (Å²) in [7, 11) is 0. The zero-order chi connectivity index (χ0) is 14.5. The van der Waals surface area contributed by atoms with E-state index < -0.39 is 0 Å². The van der Waals surface area contributed by atoms with Gasteiger partial charge in [-0.1, -0.05) is 31.2 Å². The van der Waals surface area contributed by atoms with Gasteiger partial charge >= 0.3 is 0 Å². The van der Waals surface area contributed by atoms with E-state index >= 15 is 0 Å². The fourth-order valence-electron chi connectivity index (χ4n) is 2.48. The van der Waals surface area contributed by atoms with Crippen LogP contribution in [0.4, 0.5) is 0 Å². The molecule has 0 saturated carbocycles. The normalized spacial score (nSPS) is 10.9. The van der Waals surface area contributed by atoms with E-state index in [1.54, 1.807) is 0 Å². The summed E-state index contributed by atoms with van der Waals surface area (Å²) in [6, 6.07) is 8.68. The number of hydrogen-bond acceptors (Lipinski definition) is 2. The van der Waals surface area contributed by atoms with Crippen LogP contribution in [0.15, 0.2) is 55.4 Å². The summed E-state index contributed by atoms with van der Waals surface area (Å²) >= 11 is 0. The molecule has 0 unspecified atom stereocenters. The number of aryl methyl sites for hydroxylation is 3. The van der Waals surface area contributed by atoms with E-state index in [0.29, 0.717) is 0 Å². The second kappa shape index (κ2) is 6.39. The molecule has 0 N–H and O–H groups in total. The zero-order valence-corrected chi connectivity index (χ0v) is 12.3. The number of rotatable bonds is 6. The molecule has 0 fully saturated rings. The predicted molar refractivity (Wildman–Crippen MR) is 83.9 cm³/mol. The predicted octanol–water partition coefficient (Wildman–Crippen LogP) is 3.40. The van der Waals surface area contributed by atoms with Crippen LogP contribution in [0.3, 0.4) is 0 Å². The smallest absolute Gasteiger partial charge is 0.139 e. The highest BCUT2D eigenvalue weighted by atomic mass is 15.1. The molecule has 2 aromatic heterocycles. The first-order chi connectivity index (χ1) is 10.4. The monoisotopic (exact) mass is 280 g/mol. The topological polar surface area (TPSA) is 35.6 Å². The summed E-state index contributed by atoms with van der Waals surface area (Å²) in [5.74, 6) is 1.04. The molecular weight excluding hydrogens is 260 g/mol. The van der Waals surface area contributed by atoms with Crippen LogP contribution in [0.2, 0.25) is 0 Å². The average Bonchev–Trinajstić information content (AvgIpc) is 3.19. The van der Waals surface area contributed by atoms with Crippen LogP contribution in [-0.2, 0) is 19.5 Å². The Labute approximate surface area is 125 Å². The highest BCUT2D eigenvalue weighted by Gasteiger charge is 2.05. The van der Waals surface area contributed by atoms with Crippen LogP contribution in [0.5, 0.6) is 0 Å². The van der Waals surface area contributed by atoms with Gasteiger partial charge in [-0.2, -0.15) is 0 Å². The van der Waals surface area contributed by atoms with Crippen molar-refractivity contribution in [3.63, 3.8) is 0 Å². The Morgan fingerprint density at radius 3 is 2.57 bits per heavy atom. The average molecular weight is 280 g/mol. The maximum atomic E-state index is 4.50. The number of benzene rings is 1. The fraction of sp³-hybridized carbons (Fsp3) is 0.294. The molecule has 0 aliphatic carbocycles. The third kappa shape index (κ3) is 3.21. The second-order valence-electron chi connectivity index (χ2n) is 5.15. The lowest BCUT2D eigenvalue weighted by Gasteiger charge is -2.09. The minimum absolute atomic E-state index is 0.961. The van der Waals surface area contributed by atoms with Crippen LogP contribution < -0.4 is 0 Å². The molecule has 4 heteroatoms. The van der Waals surface area contributed by atoms with Gasteiger partial charge in [0.25, 0.3) is 0 Å². The Kier molecular flexibility index (Phi) is 4.15. The van der Waals surface area contributed by atoms with Crippen molar-refractivity contribution in [1.82, 2.24) is 19.1 Å². The quantitative estimate of drug-likeness (QED) is 0.693. The second-order valence-corrected chi connectivity index (χ2v) is 5.15. The SMILES string of the molecule is CCc1ccc(-c2nccn2CCCn2ccnc2)cc1. The molecule has 0 spiro atoms. The molecule has 0 saturated heterocycles. The van der Waals surface area contributed by atoms with Crippen molar-refractivity contribution >= 4 is 0 Å². The molecule has 3 rings (SSSR count). The van der Waals surface area contributed by atoms with E-state index in [1.807, 2.05) is 24.9 Å². The molecule has 0 bridgehead atoms. The number of aromatic nitrogens is 4. The Balaban J connectivity index is 1.68. The summed E-state index contributed by atoms with van der Waals surface area (Å²) in [6.07, 6.45) is 11.7. The van der Waals surface area contributed by atoms with Crippen LogP contribution in [0.25, 0.3) is 11.4 Å². The van der Waals surface area contributed by atoms with Gasteiger partial charge < -0.3 is 9.13 Å². The van der Waals surface area contributed by atoms with Gasteiger partial charge in [-0.3, -0.25) is 0 Å². The summed E-state index contributed by atoms with van der Waals surface area (Å²) < 4.78 is 4.32. The molecule has 1 aromatic carbocycles. The van der Waals surface area contributed by atoms with E-state index in [0.717, 1.165) is 31.8 Å². The van der Waals surface area contributed by atoms with E-state index in [9.17, 15) is 0 Å². The summed E-state index contributed by atoms with van der Waals surface area (Å²) in [5, 5.41) is 0. The maximum absolute atomic E-state index is 4.50. The molecular formula is C17H20N4. The van der Waals surface area contributed by atoms with Crippen LogP contribution in [0.1, 0.15) is 18.9 Å². The van der Waals surface area contributed by atoms with Crippen molar-refractivity contribution in [2.24, 2.45) is 0 Å². The third-order valence-corrected chi connectivity index (χ3v) is 3.71. The standard InChI is InChI=1S/C17H20N4/c1-2-15-4-6-16(7-5-15)17-19-9-13-21(17)11-3-10-20-12-8-18-14-20/h4-9,12-14H,2-3,10-11H2,1H3. The lowest BCUT2D eigenvalue weighted by molar-refractivity contribution is 0.566. The Bertz CT molecular complexity index is 665. The third-order valence-electron chi connectivity index (χ3n) is 3.71. The zero-order valence-electron chi connectivity index (χ0n) is 12.3. The molecule has 0 radical (unpaired) electrons. The van der Waals surface area contributed by atoms with Crippen molar-refractivity contribution in [3.05, 3.63) is 60.9 Å². The summed E-state index contributed by atoms with van der Waals surface area (Å²) in [5.41, 5.74) is 2.54. The van der Waals surface area contributed by atoms with E-state index in [1.165, 1.54) is 11.1 Å². The van der Waals surface area contributed by atoms with Crippen LogP contribution in [-0.4, -0.2) is 19.1 Å². The van der Waals surface area contributed by atoms with Crippen molar-refractivity contribution < 1.29 is 0 Å². The van der Waals surface area contributed by atoms with Gasteiger partial charge in [0.1, 0.15) is 5.82 Å². The lowest BCUT2D eigenvalue weighted by atomic mass is 10.1. The van der Waals surface area contributed by atoms with Gasteiger partial charge in [0.05, 0.1) is 6.33 Å². The fourth-order valence-corrected chi connectivity index (χ4v) is 2.48. The van der Waals surface area contributed by atoms with Gasteiger partial charge in [0, 0.05) is 43.4 Å². The summed E-state index contributed by atoms with van der Waals surface area (Å²) in [6.45, 7) is 4.11. The minimum atomic E-state index is 0.961. The van der Waals surface area contributed by atoms with E-state index in [2.05, 4.69) is 56.5 Å². The van der Waals surface area contributed by atoms with Gasteiger partial charge in [0.15, 0.2) is 0 Å². The molecule has 0 aliphatic heterocycles. The number of hydrogen-bond donors (Lipinski definition) is 0. The largest absolute Gasteiger partial charge is 0.337 e. The highest BCUT2D eigenvalue weighted by Crippen LogP contribution is 2.18. The van der Waals surface area contributed by atoms with E-state index in [4.69, 9.17) is 0 Å². The molecule has 21 heavy (non-hydrogen) atoms. The van der Waals surface area contributed by atoms with Crippen LogP contribution >= 0.6 is 0 Å². The first-order valence-electron chi connectivity index (χ1n) is 7.43. The number of imidazole rings is 2. The molecule has 2 heterocycles. The first kappa shape index (κ1) is 13.6. The van der Waals surface area contributed by atoms with Crippen molar-refractivity contribution in [2.75, 3.05) is 0 Å². The molecule has 0 aliphatic rings. The Morgan fingerprint density at radius 1 is 1.00 bits per heavy atom. The lowest BCUT2D eigenvalue weighted by Crippen LogP contribution is -2.03. The van der Waals surface area contributed by atoms with E-state index in [-0.39, 0.29) is 0 Å². The Hall–Kier alpha value is -2.36. The summed E-state index contributed by atoms with van der Waals surface area (Å²) in [4.78, 5) is 8.56. The molecule has 3 aromatic rings. The first-order valence-corrected chi connectivity index (χ1v) is 7.43. The van der Waals surface area contributed by atoms with Gasteiger partial charge in [-0.05, 0) is 18.4 Å². The number of nitrogens with zero attached hydrogens (tertiary/aromatic N) is 4. The van der Waals surface area contributed by atoms with Gasteiger partial charge in [-0.15, -0.1) is 0 Å². The van der Waals surface area contributed by atoms with Crippen molar-refractivity contribution in [2.45, 2.75) is 32.9 Å². The highest BCUT2D eigenvalue weighted by molar-refractivity contribution is 5.56.